The van der Waals surface area contributed by atoms with Gasteiger partial charge in [-0.05, 0) is 43.7 Å². The molecule has 7 nitrogen and oxygen atoms in total. The molecule has 0 radical (unpaired) electrons. The highest BCUT2D eigenvalue weighted by molar-refractivity contribution is 5.99. The number of anilines is 1. The molecular weight excluding hydrogens is 442 g/mol. The lowest BCUT2D eigenvalue weighted by atomic mass is 10.1. The molecule has 8 heteroatoms. The lowest BCUT2D eigenvalue weighted by Crippen LogP contribution is -2.46. The summed E-state index contributed by atoms with van der Waals surface area (Å²) in [5.41, 5.74) is 2.84. The standard InChI is InChI=1S/C25H29N3O4.ClH/c29-25(20-15-19-5-1-2-6-22(19)30-17-20)26-9-3-4-10-27-11-13-28(14-12-27)21-7-8-23-24(16-21)32-18-31-23;/h1-2,5-8,15-16H,3-4,9-14,17-18H2,(H,26,29);1H. The van der Waals surface area contributed by atoms with Gasteiger partial charge in [-0.1, -0.05) is 18.2 Å². The van der Waals surface area contributed by atoms with Crippen LogP contribution in [0.2, 0.25) is 0 Å². The van der Waals surface area contributed by atoms with Gasteiger partial charge in [0.05, 0.1) is 5.57 Å². The van der Waals surface area contributed by atoms with Gasteiger partial charge in [0, 0.05) is 50.0 Å². The summed E-state index contributed by atoms with van der Waals surface area (Å²) >= 11 is 0. The predicted octanol–water partition coefficient (Wildman–Crippen LogP) is 3.33. The van der Waals surface area contributed by atoms with Gasteiger partial charge in [0.2, 0.25) is 6.79 Å². The van der Waals surface area contributed by atoms with E-state index in [4.69, 9.17) is 14.2 Å². The Morgan fingerprint density at radius 2 is 1.73 bits per heavy atom. The largest absolute Gasteiger partial charge is 0.488 e. The molecule has 0 aliphatic carbocycles. The highest BCUT2D eigenvalue weighted by Crippen LogP contribution is 2.35. The zero-order valence-electron chi connectivity index (χ0n) is 18.6. The van der Waals surface area contributed by atoms with Gasteiger partial charge in [-0.25, -0.2) is 0 Å². The smallest absolute Gasteiger partial charge is 0.250 e. The molecule has 0 unspecified atom stereocenters. The Hall–Kier alpha value is -2.90. The summed E-state index contributed by atoms with van der Waals surface area (Å²) in [7, 11) is 0. The number of nitrogens with zero attached hydrogens (tertiary/aromatic N) is 2. The molecular formula is C25H30ClN3O4. The van der Waals surface area contributed by atoms with E-state index in [0.717, 1.165) is 68.4 Å². The van der Waals surface area contributed by atoms with Crippen molar-refractivity contribution in [2.45, 2.75) is 12.8 Å². The Bertz CT molecular complexity index is 1000. The van der Waals surface area contributed by atoms with Crippen molar-refractivity contribution in [3.05, 3.63) is 53.6 Å². The highest BCUT2D eigenvalue weighted by atomic mass is 35.5. The number of hydrogen-bond acceptors (Lipinski definition) is 6. The van der Waals surface area contributed by atoms with Crippen molar-refractivity contribution in [3.8, 4) is 17.2 Å². The third-order valence-corrected chi connectivity index (χ3v) is 6.20. The molecule has 0 bridgehead atoms. The van der Waals surface area contributed by atoms with Crippen LogP contribution in [0.25, 0.3) is 6.08 Å². The van der Waals surface area contributed by atoms with Gasteiger partial charge in [0.15, 0.2) is 11.5 Å². The maximum atomic E-state index is 12.4. The number of hydrogen-bond donors (Lipinski definition) is 1. The minimum Gasteiger partial charge on any atom is -0.488 e. The van der Waals surface area contributed by atoms with Gasteiger partial charge < -0.3 is 24.4 Å². The van der Waals surface area contributed by atoms with Crippen molar-refractivity contribution in [2.24, 2.45) is 0 Å². The Labute approximate surface area is 200 Å². The molecule has 3 aliphatic rings. The van der Waals surface area contributed by atoms with E-state index in [9.17, 15) is 4.79 Å². The molecule has 0 saturated carbocycles. The van der Waals surface area contributed by atoms with Crippen LogP contribution < -0.4 is 24.4 Å². The average Bonchev–Trinajstić information content (AvgIpc) is 3.32. The van der Waals surface area contributed by atoms with Crippen LogP contribution in [0.15, 0.2) is 48.0 Å². The average molecular weight is 472 g/mol. The number of unbranched alkanes of at least 4 members (excludes halogenated alkanes) is 1. The van der Waals surface area contributed by atoms with Crippen molar-refractivity contribution >= 4 is 30.1 Å². The molecule has 1 fully saturated rings. The van der Waals surface area contributed by atoms with Crippen LogP contribution in [0, 0.1) is 0 Å². The van der Waals surface area contributed by atoms with Crippen LogP contribution >= 0.6 is 12.4 Å². The minimum absolute atomic E-state index is 0. The molecule has 0 spiro atoms. The van der Waals surface area contributed by atoms with E-state index in [0.29, 0.717) is 25.5 Å². The predicted molar refractivity (Wildman–Crippen MR) is 131 cm³/mol. The SMILES string of the molecule is Cl.O=C(NCCCCN1CCN(c2ccc3c(c2)OCO3)CC1)C1=Cc2ccccc2OC1. The maximum absolute atomic E-state index is 12.4. The number of piperazine rings is 1. The second kappa shape index (κ2) is 10.8. The molecule has 2 aromatic carbocycles. The van der Waals surface area contributed by atoms with E-state index in [1.54, 1.807) is 0 Å². The number of amides is 1. The third kappa shape index (κ3) is 5.54. The number of halogens is 1. The van der Waals surface area contributed by atoms with Gasteiger partial charge >= 0.3 is 0 Å². The van der Waals surface area contributed by atoms with Crippen LogP contribution in [-0.4, -0.2) is 63.5 Å². The first-order valence-electron chi connectivity index (χ1n) is 11.3. The molecule has 3 heterocycles. The summed E-state index contributed by atoms with van der Waals surface area (Å²) in [5.74, 6) is 2.47. The molecule has 1 amide bonds. The first-order chi connectivity index (χ1) is 15.8. The summed E-state index contributed by atoms with van der Waals surface area (Å²) in [6.07, 6.45) is 3.97. The summed E-state index contributed by atoms with van der Waals surface area (Å²) in [4.78, 5) is 17.3. The maximum Gasteiger partial charge on any atom is 0.250 e. The van der Waals surface area contributed by atoms with Crippen LogP contribution in [0.4, 0.5) is 5.69 Å². The Morgan fingerprint density at radius 3 is 2.61 bits per heavy atom. The summed E-state index contributed by atoms with van der Waals surface area (Å²) in [5, 5.41) is 3.03. The van der Waals surface area contributed by atoms with E-state index in [-0.39, 0.29) is 18.3 Å². The van der Waals surface area contributed by atoms with Crippen LogP contribution in [0.1, 0.15) is 18.4 Å². The molecule has 176 valence electrons. The fourth-order valence-corrected chi connectivity index (χ4v) is 4.33. The number of ether oxygens (including phenoxy) is 3. The lowest BCUT2D eigenvalue weighted by molar-refractivity contribution is -0.117. The fraction of sp³-hybridized carbons (Fsp3) is 0.400. The lowest BCUT2D eigenvalue weighted by Gasteiger charge is -2.36. The summed E-state index contributed by atoms with van der Waals surface area (Å²) in [6, 6.07) is 14.0. The van der Waals surface area contributed by atoms with E-state index in [1.807, 2.05) is 36.4 Å². The molecule has 0 atom stereocenters. The molecule has 0 aromatic heterocycles. The van der Waals surface area contributed by atoms with E-state index in [2.05, 4.69) is 27.2 Å². The number of rotatable bonds is 7. The molecule has 1 N–H and O–H groups in total. The quantitative estimate of drug-likeness (QED) is 0.625. The first kappa shape index (κ1) is 23.3. The highest BCUT2D eigenvalue weighted by Gasteiger charge is 2.20. The van der Waals surface area contributed by atoms with Crippen molar-refractivity contribution in [1.29, 1.82) is 0 Å². The zero-order valence-corrected chi connectivity index (χ0v) is 19.4. The Balaban J connectivity index is 0.00000259. The number of para-hydroxylation sites is 1. The van der Waals surface area contributed by atoms with Crippen molar-refractivity contribution in [2.75, 3.05) is 57.6 Å². The number of carbonyl (C=O) groups is 1. The number of nitrogens with one attached hydrogen (secondary N) is 1. The number of fused-ring (bicyclic) bond motifs is 2. The molecule has 5 rings (SSSR count). The van der Waals surface area contributed by atoms with Crippen LogP contribution in [0.3, 0.4) is 0 Å². The van der Waals surface area contributed by atoms with Crippen LogP contribution in [-0.2, 0) is 4.79 Å². The monoisotopic (exact) mass is 471 g/mol. The van der Waals surface area contributed by atoms with Crippen molar-refractivity contribution in [3.63, 3.8) is 0 Å². The third-order valence-electron chi connectivity index (χ3n) is 6.20. The van der Waals surface area contributed by atoms with Gasteiger partial charge in [-0.3, -0.25) is 9.69 Å². The molecule has 33 heavy (non-hydrogen) atoms. The van der Waals surface area contributed by atoms with Gasteiger partial charge in [-0.2, -0.15) is 0 Å². The van der Waals surface area contributed by atoms with Gasteiger partial charge in [-0.15, -0.1) is 12.4 Å². The van der Waals surface area contributed by atoms with Crippen LogP contribution in [0.5, 0.6) is 17.2 Å². The van der Waals surface area contributed by atoms with Gasteiger partial charge in [0.1, 0.15) is 12.4 Å². The van der Waals surface area contributed by atoms with E-state index in [1.165, 1.54) is 5.69 Å². The van der Waals surface area contributed by atoms with Crippen molar-refractivity contribution in [1.82, 2.24) is 10.2 Å². The normalized spacial score (nSPS) is 16.8. The number of carbonyl (C=O) groups excluding carboxylic acids is 1. The number of benzene rings is 2. The molecule has 1 saturated heterocycles. The van der Waals surface area contributed by atoms with Crippen molar-refractivity contribution < 1.29 is 19.0 Å². The van der Waals surface area contributed by atoms with E-state index < -0.39 is 0 Å². The van der Waals surface area contributed by atoms with E-state index >= 15 is 0 Å². The fourth-order valence-electron chi connectivity index (χ4n) is 4.33. The second-order valence-corrected chi connectivity index (χ2v) is 8.33. The Morgan fingerprint density at radius 1 is 0.909 bits per heavy atom. The molecule has 3 aliphatic heterocycles. The Kier molecular flexibility index (Phi) is 7.62. The second-order valence-electron chi connectivity index (χ2n) is 8.33. The first-order valence-corrected chi connectivity index (χ1v) is 11.3. The van der Waals surface area contributed by atoms with Gasteiger partial charge in [0.25, 0.3) is 5.91 Å². The minimum atomic E-state index is -0.0307. The zero-order chi connectivity index (χ0) is 21.8. The summed E-state index contributed by atoms with van der Waals surface area (Å²) < 4.78 is 16.6. The summed E-state index contributed by atoms with van der Waals surface area (Å²) in [6.45, 7) is 6.49. The molecule has 2 aromatic rings. The topological polar surface area (TPSA) is 63.3 Å².